The van der Waals surface area contributed by atoms with Crippen LogP contribution in [0, 0.1) is 6.92 Å². The standard InChI is InChI=1S/C65H100N2O5/c1-4-6-8-10-12-14-16-18-20-22-24-26-28-30-32-35-39-55-43-47-58(48-44-55)65(57-41-37-34-38-42-57,71-53-61-60(68)51-62(72-61)67-52-54(3)63(69)66-64(67)70)59-49-45-56(46-50-59)40-36-33-31-29-27-25-23-21-19-17-15-13-11-9-7-5-2/h34,37-38,41-50,52,60-62,68H,4-33,35-36,39-40,51,53H2,1-3H3,(H,66,69,70)/t60-,61+,62+/m0/s1. The van der Waals surface area contributed by atoms with Crippen molar-refractivity contribution >= 4 is 0 Å². The van der Waals surface area contributed by atoms with E-state index < -0.39 is 35.3 Å². The van der Waals surface area contributed by atoms with Crippen molar-refractivity contribution in [1.29, 1.82) is 0 Å². The molecule has 0 spiro atoms. The van der Waals surface area contributed by atoms with Crippen LogP contribution in [0.15, 0.2) is 94.6 Å². The zero-order chi connectivity index (χ0) is 50.9. The third kappa shape index (κ3) is 20.9. The van der Waals surface area contributed by atoms with Gasteiger partial charge in [0.1, 0.15) is 17.9 Å². The molecule has 0 radical (unpaired) electrons. The fourth-order valence-electron chi connectivity index (χ4n) is 11.0. The molecule has 2 heterocycles. The smallest absolute Gasteiger partial charge is 0.330 e. The SMILES string of the molecule is CCCCCCCCCCCCCCCCCCc1ccc(C(OC[C@H]2O[C@@H](n3cc(C)c(=O)[nH]c3=O)C[C@@H]2O)(c2ccccc2)c2ccc(CCCCCCCCCCCCCCCCCC)cc2)cc1. The molecule has 5 rings (SSSR count). The first kappa shape index (κ1) is 59.1. The Morgan fingerprint density at radius 1 is 0.528 bits per heavy atom. The quantitative estimate of drug-likeness (QED) is 0.0341. The minimum atomic E-state index is -0.993. The second-order valence-corrected chi connectivity index (χ2v) is 21.8. The highest BCUT2D eigenvalue weighted by atomic mass is 16.6. The van der Waals surface area contributed by atoms with Crippen LogP contribution in [0.3, 0.4) is 0 Å². The molecule has 3 aromatic carbocycles. The summed E-state index contributed by atoms with van der Waals surface area (Å²) in [6, 6.07) is 28.4. The van der Waals surface area contributed by atoms with Crippen LogP contribution in [-0.2, 0) is 27.9 Å². The first-order valence-corrected chi connectivity index (χ1v) is 29.9. The van der Waals surface area contributed by atoms with Crippen LogP contribution in [-0.4, -0.2) is 33.5 Å². The van der Waals surface area contributed by atoms with Crippen molar-refractivity contribution in [2.75, 3.05) is 6.61 Å². The van der Waals surface area contributed by atoms with Crippen molar-refractivity contribution < 1.29 is 14.6 Å². The molecule has 7 heteroatoms. The van der Waals surface area contributed by atoms with E-state index in [0.29, 0.717) is 5.56 Å². The fraction of sp³-hybridized carbons (Fsp3) is 0.662. The van der Waals surface area contributed by atoms with Gasteiger partial charge in [-0.25, -0.2) is 4.79 Å². The van der Waals surface area contributed by atoms with Crippen LogP contribution in [0.25, 0.3) is 0 Å². The Kier molecular flexibility index (Phi) is 29.1. The molecular weight excluding hydrogens is 889 g/mol. The van der Waals surface area contributed by atoms with Gasteiger partial charge in [-0.15, -0.1) is 0 Å². The Bertz CT molecular complexity index is 2010. The Balaban J connectivity index is 1.16. The van der Waals surface area contributed by atoms with Gasteiger partial charge in [0.2, 0.25) is 0 Å². The van der Waals surface area contributed by atoms with Gasteiger partial charge in [0.25, 0.3) is 5.56 Å². The average molecular weight is 990 g/mol. The summed E-state index contributed by atoms with van der Waals surface area (Å²) in [5, 5.41) is 11.4. The molecular formula is C65H100N2O5. The van der Waals surface area contributed by atoms with Gasteiger partial charge in [0.05, 0.1) is 12.7 Å². The lowest BCUT2D eigenvalue weighted by atomic mass is 9.79. The number of H-pyrrole nitrogens is 1. The van der Waals surface area contributed by atoms with Crippen LogP contribution in [0.5, 0.6) is 0 Å². The summed E-state index contributed by atoms with van der Waals surface area (Å²) in [4.78, 5) is 27.4. The molecule has 0 unspecified atom stereocenters. The maximum absolute atomic E-state index is 12.8. The number of nitrogens with one attached hydrogen (secondary N) is 1. The Morgan fingerprint density at radius 2 is 0.889 bits per heavy atom. The van der Waals surface area contributed by atoms with E-state index in [9.17, 15) is 14.7 Å². The van der Waals surface area contributed by atoms with E-state index >= 15 is 0 Å². The first-order chi connectivity index (χ1) is 35.3. The summed E-state index contributed by atoms with van der Waals surface area (Å²) in [5.74, 6) is 0. The number of nitrogens with zero attached hydrogens (tertiary/aromatic N) is 1. The highest BCUT2D eigenvalue weighted by molar-refractivity contribution is 5.48. The molecule has 2 N–H and O–H groups in total. The molecule has 1 aliphatic heterocycles. The largest absolute Gasteiger partial charge is 0.390 e. The highest BCUT2D eigenvalue weighted by Gasteiger charge is 2.42. The van der Waals surface area contributed by atoms with Gasteiger partial charge in [-0.3, -0.25) is 14.3 Å². The van der Waals surface area contributed by atoms with E-state index in [1.165, 1.54) is 227 Å². The Hall–Kier alpha value is -3.78. The molecule has 1 aromatic heterocycles. The normalized spacial score (nSPS) is 16.0. The van der Waals surface area contributed by atoms with Crippen molar-refractivity contribution in [3.8, 4) is 0 Å². The molecule has 1 aliphatic rings. The number of aliphatic hydroxyl groups is 1. The minimum Gasteiger partial charge on any atom is -0.390 e. The van der Waals surface area contributed by atoms with E-state index in [1.807, 2.05) is 6.07 Å². The number of hydrogen-bond acceptors (Lipinski definition) is 5. The fourth-order valence-corrected chi connectivity index (χ4v) is 11.0. The zero-order valence-corrected chi connectivity index (χ0v) is 45.8. The van der Waals surface area contributed by atoms with Crippen LogP contribution in [0.4, 0.5) is 0 Å². The summed E-state index contributed by atoms with van der Waals surface area (Å²) in [7, 11) is 0. The van der Waals surface area contributed by atoms with Gasteiger partial charge in [0.15, 0.2) is 0 Å². The van der Waals surface area contributed by atoms with Crippen molar-refractivity contribution in [1.82, 2.24) is 9.55 Å². The lowest BCUT2D eigenvalue weighted by molar-refractivity contribution is -0.0944. The molecule has 72 heavy (non-hydrogen) atoms. The molecule has 3 atom stereocenters. The van der Waals surface area contributed by atoms with E-state index in [2.05, 4.69) is 91.6 Å². The number of aromatic amines is 1. The topological polar surface area (TPSA) is 93.5 Å². The molecule has 0 aliphatic carbocycles. The van der Waals surface area contributed by atoms with Crippen molar-refractivity contribution in [3.63, 3.8) is 0 Å². The highest BCUT2D eigenvalue weighted by Crippen LogP contribution is 2.42. The number of aliphatic hydroxyl groups excluding tert-OH is 1. The van der Waals surface area contributed by atoms with Gasteiger partial charge < -0.3 is 14.6 Å². The third-order valence-electron chi connectivity index (χ3n) is 15.7. The molecule has 1 fully saturated rings. The average Bonchev–Trinajstić information content (AvgIpc) is 3.77. The maximum Gasteiger partial charge on any atom is 0.330 e. The number of aryl methyl sites for hydroxylation is 3. The van der Waals surface area contributed by atoms with Crippen molar-refractivity contribution in [3.05, 3.63) is 139 Å². The lowest BCUT2D eigenvalue weighted by Gasteiger charge is -2.37. The molecule has 4 aromatic rings. The van der Waals surface area contributed by atoms with E-state index in [0.717, 1.165) is 29.5 Å². The molecule has 400 valence electrons. The van der Waals surface area contributed by atoms with Gasteiger partial charge in [-0.1, -0.05) is 285 Å². The minimum absolute atomic E-state index is 0.0888. The van der Waals surface area contributed by atoms with Crippen molar-refractivity contribution in [2.45, 2.75) is 270 Å². The van der Waals surface area contributed by atoms with E-state index in [-0.39, 0.29) is 13.0 Å². The van der Waals surface area contributed by atoms with E-state index in [4.69, 9.17) is 9.47 Å². The summed E-state index contributed by atoms with van der Waals surface area (Å²) in [6.45, 7) is 6.33. The molecule has 0 bridgehead atoms. The summed E-state index contributed by atoms with van der Waals surface area (Å²) < 4.78 is 15.0. The zero-order valence-electron chi connectivity index (χ0n) is 45.8. The van der Waals surface area contributed by atoms with Gasteiger partial charge in [-0.05, 0) is 60.4 Å². The molecule has 7 nitrogen and oxygen atoms in total. The summed E-state index contributed by atoms with van der Waals surface area (Å²) in [5.41, 5.74) is 4.14. The number of benzene rings is 3. The molecule has 1 saturated heterocycles. The first-order valence-electron chi connectivity index (χ1n) is 29.9. The van der Waals surface area contributed by atoms with E-state index in [1.54, 1.807) is 6.92 Å². The predicted molar refractivity (Wildman–Crippen MR) is 302 cm³/mol. The third-order valence-corrected chi connectivity index (χ3v) is 15.7. The van der Waals surface area contributed by atoms with Gasteiger partial charge >= 0.3 is 5.69 Å². The Morgan fingerprint density at radius 3 is 1.28 bits per heavy atom. The summed E-state index contributed by atoms with van der Waals surface area (Å²) in [6.07, 6.45) is 45.4. The molecule has 0 saturated carbocycles. The van der Waals surface area contributed by atoms with Gasteiger partial charge in [0, 0.05) is 18.2 Å². The van der Waals surface area contributed by atoms with Crippen molar-refractivity contribution in [2.24, 2.45) is 0 Å². The number of aromatic nitrogens is 2. The number of rotatable bonds is 41. The molecule has 0 amide bonds. The van der Waals surface area contributed by atoms with Crippen LogP contribution >= 0.6 is 0 Å². The lowest BCUT2D eigenvalue weighted by Crippen LogP contribution is -2.38. The predicted octanol–water partition coefficient (Wildman–Crippen LogP) is 17.1. The second-order valence-electron chi connectivity index (χ2n) is 21.8. The van der Waals surface area contributed by atoms with Gasteiger partial charge in [-0.2, -0.15) is 0 Å². The maximum atomic E-state index is 12.8. The second kappa shape index (κ2) is 35.4. The van der Waals surface area contributed by atoms with Crippen LogP contribution in [0.2, 0.25) is 0 Å². The summed E-state index contributed by atoms with van der Waals surface area (Å²) >= 11 is 0. The number of hydrogen-bond donors (Lipinski definition) is 2. The van der Waals surface area contributed by atoms with Crippen LogP contribution in [0.1, 0.15) is 265 Å². The monoisotopic (exact) mass is 989 g/mol. The Labute approximate surface area is 437 Å². The number of unbranched alkanes of at least 4 members (excludes halogenated alkanes) is 30. The number of ether oxygens (including phenoxy) is 2. The van der Waals surface area contributed by atoms with Crippen LogP contribution < -0.4 is 11.2 Å².